The van der Waals surface area contributed by atoms with Crippen molar-refractivity contribution in [3.05, 3.63) is 35.9 Å². The highest BCUT2D eigenvalue weighted by Gasteiger charge is 2.29. The van der Waals surface area contributed by atoms with Crippen LogP contribution in [0.4, 0.5) is 0 Å². The molecule has 1 unspecified atom stereocenters. The van der Waals surface area contributed by atoms with Crippen molar-refractivity contribution in [2.45, 2.75) is 52.5 Å². The minimum absolute atomic E-state index is 0. The Labute approximate surface area is 135 Å². The molecule has 0 radical (unpaired) electrons. The van der Waals surface area contributed by atoms with E-state index >= 15 is 0 Å². The monoisotopic (exact) mass is 312 g/mol. The van der Waals surface area contributed by atoms with Crippen LogP contribution in [-0.2, 0) is 11.2 Å². The van der Waals surface area contributed by atoms with Crippen molar-refractivity contribution < 1.29 is 4.79 Å². The van der Waals surface area contributed by atoms with Gasteiger partial charge in [0.1, 0.15) is 0 Å². The quantitative estimate of drug-likeness (QED) is 0.773. The number of hydrogen-bond donors (Lipinski definition) is 2. The predicted octanol–water partition coefficient (Wildman–Crippen LogP) is 3.31. The van der Waals surface area contributed by atoms with Crippen molar-refractivity contribution in [3.63, 3.8) is 0 Å². The number of unbranched alkanes of at least 4 members (excludes halogenated alkanes) is 1. The first-order chi connectivity index (χ1) is 9.49. The highest BCUT2D eigenvalue weighted by Crippen LogP contribution is 2.22. The number of nitrogens with two attached hydrogens (primary N) is 1. The summed E-state index contributed by atoms with van der Waals surface area (Å²) in [5.74, 6) is 0.0907. The number of benzene rings is 1. The lowest BCUT2D eigenvalue weighted by Crippen LogP contribution is -2.46. The molecule has 1 amide bonds. The lowest BCUT2D eigenvalue weighted by molar-refractivity contribution is -0.130. The SMILES string of the molecule is CCCCC(CN)NC(=O)C(C)(C)Cc1ccccc1.Cl. The van der Waals surface area contributed by atoms with Gasteiger partial charge in [-0.2, -0.15) is 0 Å². The van der Waals surface area contributed by atoms with E-state index in [2.05, 4.69) is 24.4 Å². The third-order valence-electron chi connectivity index (χ3n) is 3.63. The Morgan fingerprint density at radius 1 is 1.29 bits per heavy atom. The largest absolute Gasteiger partial charge is 0.352 e. The Balaban J connectivity index is 0.00000400. The van der Waals surface area contributed by atoms with E-state index in [0.29, 0.717) is 6.54 Å². The van der Waals surface area contributed by atoms with Crippen molar-refractivity contribution in [3.8, 4) is 0 Å². The van der Waals surface area contributed by atoms with E-state index in [0.717, 1.165) is 25.7 Å². The van der Waals surface area contributed by atoms with Gasteiger partial charge in [-0.25, -0.2) is 0 Å². The normalized spacial score (nSPS) is 12.4. The zero-order valence-electron chi connectivity index (χ0n) is 13.4. The molecule has 120 valence electrons. The minimum Gasteiger partial charge on any atom is -0.352 e. The lowest BCUT2D eigenvalue weighted by Gasteiger charge is -2.27. The van der Waals surface area contributed by atoms with E-state index in [1.54, 1.807) is 0 Å². The molecule has 1 rings (SSSR count). The highest BCUT2D eigenvalue weighted by molar-refractivity contribution is 5.85. The van der Waals surface area contributed by atoms with Gasteiger partial charge in [-0.3, -0.25) is 4.79 Å². The predicted molar refractivity (Wildman–Crippen MR) is 91.7 cm³/mol. The van der Waals surface area contributed by atoms with Crippen LogP contribution in [0.2, 0.25) is 0 Å². The molecule has 1 aromatic rings. The fraction of sp³-hybridized carbons (Fsp3) is 0.588. The molecule has 1 atom stereocenters. The van der Waals surface area contributed by atoms with E-state index in [9.17, 15) is 4.79 Å². The van der Waals surface area contributed by atoms with Crippen LogP contribution >= 0.6 is 12.4 Å². The summed E-state index contributed by atoms with van der Waals surface area (Å²) in [6, 6.07) is 10.2. The van der Waals surface area contributed by atoms with Crippen molar-refractivity contribution >= 4 is 18.3 Å². The fourth-order valence-corrected chi connectivity index (χ4v) is 2.27. The minimum atomic E-state index is -0.416. The van der Waals surface area contributed by atoms with E-state index in [1.165, 1.54) is 5.56 Å². The molecule has 4 heteroatoms. The average molecular weight is 313 g/mol. The van der Waals surface area contributed by atoms with Crippen molar-refractivity contribution in [2.24, 2.45) is 11.1 Å². The van der Waals surface area contributed by atoms with E-state index in [4.69, 9.17) is 5.73 Å². The molecule has 3 N–H and O–H groups in total. The number of carbonyl (C=O) groups excluding carboxylic acids is 1. The van der Waals surface area contributed by atoms with Crippen LogP contribution in [0.1, 0.15) is 45.6 Å². The molecule has 0 aliphatic rings. The Kier molecular flexibility index (Phi) is 9.31. The maximum atomic E-state index is 12.4. The Morgan fingerprint density at radius 3 is 2.43 bits per heavy atom. The van der Waals surface area contributed by atoms with Crippen LogP contribution in [0, 0.1) is 5.41 Å². The molecule has 0 saturated carbocycles. The topological polar surface area (TPSA) is 55.1 Å². The van der Waals surface area contributed by atoms with Gasteiger partial charge in [0, 0.05) is 18.0 Å². The zero-order chi connectivity index (χ0) is 15.0. The summed E-state index contributed by atoms with van der Waals surface area (Å²) in [4.78, 5) is 12.4. The van der Waals surface area contributed by atoms with Crippen molar-refractivity contribution in [1.82, 2.24) is 5.32 Å². The summed E-state index contributed by atoms with van der Waals surface area (Å²) >= 11 is 0. The molecule has 0 saturated heterocycles. The van der Waals surface area contributed by atoms with Crippen LogP contribution in [0.25, 0.3) is 0 Å². The first-order valence-electron chi connectivity index (χ1n) is 7.54. The van der Waals surface area contributed by atoms with Gasteiger partial charge in [0.25, 0.3) is 0 Å². The van der Waals surface area contributed by atoms with Gasteiger partial charge in [-0.05, 0) is 18.4 Å². The molecule has 0 bridgehead atoms. The van der Waals surface area contributed by atoms with Crippen molar-refractivity contribution in [2.75, 3.05) is 6.54 Å². The summed E-state index contributed by atoms with van der Waals surface area (Å²) in [6.45, 7) is 6.63. The second kappa shape index (κ2) is 9.80. The Hall–Kier alpha value is -1.06. The van der Waals surface area contributed by atoms with Gasteiger partial charge in [0.2, 0.25) is 5.91 Å². The first-order valence-corrected chi connectivity index (χ1v) is 7.54. The molecule has 0 aliphatic carbocycles. The summed E-state index contributed by atoms with van der Waals surface area (Å²) in [7, 11) is 0. The molecule has 1 aromatic carbocycles. The van der Waals surface area contributed by atoms with E-state index < -0.39 is 5.41 Å². The van der Waals surface area contributed by atoms with Gasteiger partial charge in [0.05, 0.1) is 0 Å². The summed E-state index contributed by atoms with van der Waals surface area (Å²) < 4.78 is 0. The molecule has 0 aromatic heterocycles. The van der Waals surface area contributed by atoms with Crippen LogP contribution in [-0.4, -0.2) is 18.5 Å². The number of rotatable bonds is 8. The first kappa shape index (κ1) is 19.9. The second-order valence-corrected chi connectivity index (χ2v) is 6.09. The molecular formula is C17H29ClN2O. The maximum absolute atomic E-state index is 12.4. The average Bonchev–Trinajstić information content (AvgIpc) is 2.43. The second-order valence-electron chi connectivity index (χ2n) is 6.09. The third-order valence-corrected chi connectivity index (χ3v) is 3.63. The standard InChI is InChI=1S/C17H28N2O.ClH/c1-4-5-11-15(13-18)19-16(20)17(2,3)12-14-9-7-6-8-10-14;/h6-10,15H,4-5,11-13,18H2,1-3H3,(H,19,20);1H. The van der Waals surface area contributed by atoms with Crippen LogP contribution in [0.5, 0.6) is 0 Å². The molecule has 21 heavy (non-hydrogen) atoms. The van der Waals surface area contributed by atoms with Crippen LogP contribution < -0.4 is 11.1 Å². The van der Waals surface area contributed by atoms with Crippen molar-refractivity contribution in [1.29, 1.82) is 0 Å². The highest BCUT2D eigenvalue weighted by atomic mass is 35.5. The number of carbonyl (C=O) groups is 1. The lowest BCUT2D eigenvalue weighted by atomic mass is 9.84. The zero-order valence-corrected chi connectivity index (χ0v) is 14.2. The van der Waals surface area contributed by atoms with E-state index in [1.807, 2.05) is 32.0 Å². The smallest absolute Gasteiger partial charge is 0.226 e. The maximum Gasteiger partial charge on any atom is 0.226 e. The molecule has 0 spiro atoms. The van der Waals surface area contributed by atoms with Gasteiger partial charge in [-0.15, -0.1) is 12.4 Å². The van der Waals surface area contributed by atoms with Gasteiger partial charge < -0.3 is 11.1 Å². The fourth-order valence-electron chi connectivity index (χ4n) is 2.27. The summed E-state index contributed by atoms with van der Waals surface area (Å²) in [5.41, 5.74) is 6.51. The van der Waals surface area contributed by atoms with Gasteiger partial charge in [-0.1, -0.05) is 63.9 Å². The number of hydrogen-bond acceptors (Lipinski definition) is 2. The molecular weight excluding hydrogens is 284 g/mol. The van der Waals surface area contributed by atoms with Crippen LogP contribution in [0.3, 0.4) is 0 Å². The molecule has 0 fully saturated rings. The summed E-state index contributed by atoms with van der Waals surface area (Å²) in [6.07, 6.45) is 3.92. The number of halogens is 1. The molecule has 0 heterocycles. The molecule has 3 nitrogen and oxygen atoms in total. The Morgan fingerprint density at radius 2 is 1.90 bits per heavy atom. The van der Waals surface area contributed by atoms with Gasteiger partial charge >= 0.3 is 0 Å². The number of nitrogens with one attached hydrogen (secondary N) is 1. The Bertz CT molecular complexity index is 407. The van der Waals surface area contributed by atoms with Gasteiger partial charge in [0.15, 0.2) is 0 Å². The van der Waals surface area contributed by atoms with Crippen LogP contribution in [0.15, 0.2) is 30.3 Å². The number of amides is 1. The van der Waals surface area contributed by atoms with E-state index in [-0.39, 0.29) is 24.4 Å². The third kappa shape index (κ3) is 6.96. The molecule has 0 aliphatic heterocycles. The summed E-state index contributed by atoms with van der Waals surface area (Å²) in [5, 5.41) is 3.10.